The maximum absolute atomic E-state index is 12.0. The molecule has 0 atom stereocenters. The van der Waals surface area contributed by atoms with E-state index >= 15 is 0 Å². The Kier molecular flexibility index (Phi) is 6.03. The third-order valence-corrected chi connectivity index (χ3v) is 3.55. The van der Waals surface area contributed by atoms with Crippen molar-refractivity contribution in [2.75, 3.05) is 13.7 Å². The smallest absolute Gasteiger partial charge is 0.224 e. The Balaban J connectivity index is 1.87. The second-order valence-electron chi connectivity index (χ2n) is 5.33. The summed E-state index contributed by atoms with van der Waals surface area (Å²) in [6.45, 7) is 5.14. The number of rotatable bonds is 7. The highest BCUT2D eigenvalue weighted by atomic mass is 16.5. The third kappa shape index (κ3) is 5.02. The number of hydrogen-bond acceptors (Lipinski definition) is 3. The molecule has 0 unspecified atom stereocenters. The summed E-state index contributed by atoms with van der Waals surface area (Å²) in [5.41, 5.74) is 3.11. The fraction of sp³-hybridized carbons (Fsp3) is 0.316. The van der Waals surface area contributed by atoms with Gasteiger partial charge in [0.25, 0.3) is 0 Å². The van der Waals surface area contributed by atoms with Crippen LogP contribution in [0.25, 0.3) is 0 Å². The molecular formula is C19H23NO3. The lowest BCUT2D eigenvalue weighted by molar-refractivity contribution is -0.120. The molecule has 1 N–H and O–H groups in total. The molecule has 0 aromatic heterocycles. The van der Waals surface area contributed by atoms with Crippen molar-refractivity contribution >= 4 is 5.91 Å². The van der Waals surface area contributed by atoms with Crippen molar-refractivity contribution in [2.24, 2.45) is 0 Å². The van der Waals surface area contributed by atoms with E-state index in [0.29, 0.717) is 19.6 Å². The van der Waals surface area contributed by atoms with Crippen LogP contribution in [0.15, 0.2) is 42.5 Å². The summed E-state index contributed by atoms with van der Waals surface area (Å²) in [5.74, 6) is 1.68. The summed E-state index contributed by atoms with van der Waals surface area (Å²) in [6, 6.07) is 13.5. The van der Waals surface area contributed by atoms with E-state index in [-0.39, 0.29) is 5.91 Å². The van der Waals surface area contributed by atoms with E-state index in [4.69, 9.17) is 9.47 Å². The average molecular weight is 313 g/mol. The van der Waals surface area contributed by atoms with Crippen LogP contribution in [0.3, 0.4) is 0 Å². The summed E-state index contributed by atoms with van der Waals surface area (Å²) in [6.07, 6.45) is 0.361. The van der Waals surface area contributed by atoms with E-state index in [1.165, 1.54) is 0 Å². The van der Waals surface area contributed by atoms with Gasteiger partial charge in [0, 0.05) is 6.54 Å². The summed E-state index contributed by atoms with van der Waals surface area (Å²) >= 11 is 0. The van der Waals surface area contributed by atoms with Gasteiger partial charge >= 0.3 is 0 Å². The number of benzene rings is 2. The molecule has 0 aliphatic heterocycles. The van der Waals surface area contributed by atoms with Gasteiger partial charge in [0.15, 0.2) is 0 Å². The van der Waals surface area contributed by atoms with E-state index in [1.54, 1.807) is 7.11 Å². The number of methoxy groups -OCH3 is 1. The Hall–Kier alpha value is -2.49. The highest BCUT2D eigenvalue weighted by molar-refractivity contribution is 5.78. The second-order valence-corrected chi connectivity index (χ2v) is 5.33. The molecule has 2 aromatic rings. The van der Waals surface area contributed by atoms with Crippen molar-refractivity contribution in [1.29, 1.82) is 0 Å². The first-order chi connectivity index (χ1) is 11.1. The molecule has 122 valence electrons. The van der Waals surface area contributed by atoms with Crippen molar-refractivity contribution in [3.8, 4) is 11.5 Å². The number of ether oxygens (including phenoxy) is 2. The van der Waals surface area contributed by atoms with Crippen molar-refractivity contribution in [3.05, 3.63) is 59.2 Å². The van der Waals surface area contributed by atoms with Gasteiger partial charge in [-0.15, -0.1) is 0 Å². The normalized spacial score (nSPS) is 10.2. The summed E-state index contributed by atoms with van der Waals surface area (Å²) in [4.78, 5) is 12.0. The van der Waals surface area contributed by atoms with Crippen molar-refractivity contribution in [1.82, 2.24) is 5.32 Å². The minimum Gasteiger partial charge on any atom is -0.497 e. The van der Waals surface area contributed by atoms with Gasteiger partial charge in [-0.2, -0.15) is 0 Å². The van der Waals surface area contributed by atoms with Crippen LogP contribution in [0.5, 0.6) is 11.5 Å². The molecule has 0 saturated carbocycles. The molecule has 0 fully saturated rings. The first-order valence-corrected chi connectivity index (χ1v) is 7.74. The van der Waals surface area contributed by atoms with Crippen molar-refractivity contribution in [2.45, 2.75) is 26.8 Å². The highest BCUT2D eigenvalue weighted by Crippen LogP contribution is 2.19. The summed E-state index contributed by atoms with van der Waals surface area (Å²) < 4.78 is 10.6. The maximum atomic E-state index is 12.0. The van der Waals surface area contributed by atoms with Crippen LogP contribution in [0.2, 0.25) is 0 Å². The van der Waals surface area contributed by atoms with E-state index < -0.39 is 0 Å². The van der Waals surface area contributed by atoms with E-state index in [9.17, 15) is 4.79 Å². The monoisotopic (exact) mass is 313 g/mol. The predicted octanol–water partition coefficient (Wildman–Crippen LogP) is 3.26. The maximum Gasteiger partial charge on any atom is 0.224 e. The zero-order valence-corrected chi connectivity index (χ0v) is 13.9. The largest absolute Gasteiger partial charge is 0.497 e. The molecule has 0 spiro atoms. The fourth-order valence-corrected chi connectivity index (χ4v) is 2.33. The fourth-order valence-electron chi connectivity index (χ4n) is 2.33. The topological polar surface area (TPSA) is 47.6 Å². The zero-order chi connectivity index (χ0) is 16.7. The number of carbonyl (C=O) groups excluding carboxylic acids is 1. The Bertz CT molecular complexity index is 650. The molecule has 0 aliphatic rings. The minimum atomic E-state index is 0.00158. The quantitative estimate of drug-likeness (QED) is 0.853. The Morgan fingerprint density at radius 3 is 2.39 bits per heavy atom. The highest BCUT2D eigenvalue weighted by Gasteiger charge is 2.05. The Morgan fingerprint density at radius 1 is 1.09 bits per heavy atom. The van der Waals surface area contributed by atoms with Gasteiger partial charge in [0.05, 0.1) is 20.1 Å². The van der Waals surface area contributed by atoms with E-state index in [0.717, 1.165) is 28.2 Å². The molecule has 1 amide bonds. The van der Waals surface area contributed by atoms with Gasteiger partial charge in [-0.1, -0.05) is 24.3 Å². The van der Waals surface area contributed by atoms with Crippen LogP contribution in [0.1, 0.15) is 23.6 Å². The van der Waals surface area contributed by atoms with Gasteiger partial charge in [0.1, 0.15) is 11.5 Å². The number of carbonyl (C=O) groups is 1. The van der Waals surface area contributed by atoms with E-state index in [1.807, 2.05) is 56.3 Å². The molecule has 4 nitrogen and oxygen atoms in total. The summed E-state index contributed by atoms with van der Waals surface area (Å²) in [5, 5.41) is 2.94. The van der Waals surface area contributed by atoms with Gasteiger partial charge < -0.3 is 14.8 Å². The van der Waals surface area contributed by atoms with Crippen LogP contribution in [0, 0.1) is 6.92 Å². The first kappa shape index (κ1) is 16.9. The van der Waals surface area contributed by atoms with Gasteiger partial charge in [-0.25, -0.2) is 0 Å². The molecule has 2 aromatic carbocycles. The minimum absolute atomic E-state index is 0.00158. The molecule has 4 heteroatoms. The lowest BCUT2D eigenvalue weighted by atomic mass is 10.1. The van der Waals surface area contributed by atoms with Crippen LogP contribution in [-0.4, -0.2) is 19.6 Å². The molecule has 0 bridgehead atoms. The zero-order valence-electron chi connectivity index (χ0n) is 13.9. The Labute approximate surface area is 137 Å². The standard InChI is InChI=1S/C19H23NO3/c1-4-23-18-10-7-16(11-14(18)2)13-20-19(21)12-15-5-8-17(22-3)9-6-15/h5-11H,4,12-13H2,1-3H3,(H,20,21). The van der Waals surface area contributed by atoms with Gasteiger partial charge in [-0.05, 0) is 48.7 Å². The average Bonchev–Trinajstić information content (AvgIpc) is 2.56. The third-order valence-electron chi connectivity index (χ3n) is 3.55. The summed E-state index contributed by atoms with van der Waals surface area (Å²) in [7, 11) is 1.63. The number of nitrogens with one attached hydrogen (secondary N) is 1. The van der Waals surface area contributed by atoms with Crippen LogP contribution >= 0.6 is 0 Å². The molecular weight excluding hydrogens is 290 g/mol. The molecule has 23 heavy (non-hydrogen) atoms. The van der Waals surface area contributed by atoms with E-state index in [2.05, 4.69) is 5.32 Å². The molecule has 0 radical (unpaired) electrons. The van der Waals surface area contributed by atoms with Crippen LogP contribution in [-0.2, 0) is 17.8 Å². The lowest BCUT2D eigenvalue weighted by Gasteiger charge is -2.10. The molecule has 0 heterocycles. The van der Waals surface area contributed by atoms with Crippen LogP contribution < -0.4 is 14.8 Å². The van der Waals surface area contributed by atoms with Crippen molar-refractivity contribution < 1.29 is 14.3 Å². The Morgan fingerprint density at radius 2 is 1.78 bits per heavy atom. The number of aryl methyl sites for hydroxylation is 1. The predicted molar refractivity (Wildman–Crippen MR) is 90.9 cm³/mol. The molecule has 2 rings (SSSR count). The van der Waals surface area contributed by atoms with Gasteiger partial charge in [-0.3, -0.25) is 4.79 Å². The SMILES string of the molecule is CCOc1ccc(CNC(=O)Cc2ccc(OC)cc2)cc1C. The first-order valence-electron chi connectivity index (χ1n) is 7.74. The molecule has 0 aliphatic carbocycles. The number of hydrogen-bond donors (Lipinski definition) is 1. The van der Waals surface area contributed by atoms with Crippen molar-refractivity contribution in [3.63, 3.8) is 0 Å². The second kappa shape index (κ2) is 8.22. The van der Waals surface area contributed by atoms with Crippen LogP contribution in [0.4, 0.5) is 0 Å². The lowest BCUT2D eigenvalue weighted by Crippen LogP contribution is -2.24. The number of amides is 1. The molecule has 0 saturated heterocycles. The van der Waals surface area contributed by atoms with Gasteiger partial charge in [0.2, 0.25) is 5.91 Å².